The summed E-state index contributed by atoms with van der Waals surface area (Å²) >= 11 is 1.66. The van der Waals surface area contributed by atoms with Gasteiger partial charge in [0.15, 0.2) is 0 Å². The highest BCUT2D eigenvalue weighted by Gasteiger charge is 2.32. The molecular formula is C17H31N3O4S. The molecule has 1 saturated heterocycles. The van der Waals surface area contributed by atoms with Crippen molar-refractivity contribution in [1.29, 1.82) is 0 Å². The monoisotopic (exact) mass is 373 g/mol. The molecule has 1 fully saturated rings. The van der Waals surface area contributed by atoms with E-state index >= 15 is 0 Å². The highest BCUT2D eigenvalue weighted by Crippen LogP contribution is 2.19. The van der Waals surface area contributed by atoms with Crippen LogP contribution < -0.4 is 11.1 Å². The minimum absolute atomic E-state index is 0.0593. The first-order valence-corrected chi connectivity index (χ1v) is 10.3. The topological polar surface area (TPSA) is 113 Å². The number of thioether (sulfide) groups is 1. The highest BCUT2D eigenvalue weighted by molar-refractivity contribution is 7.98. The molecule has 144 valence electrons. The third-order valence-corrected chi connectivity index (χ3v) is 5.55. The van der Waals surface area contributed by atoms with E-state index in [1.54, 1.807) is 16.7 Å². The average molecular weight is 374 g/mol. The minimum Gasteiger partial charge on any atom is -0.480 e. The van der Waals surface area contributed by atoms with Gasteiger partial charge >= 0.3 is 5.97 Å². The fourth-order valence-corrected chi connectivity index (χ4v) is 3.41. The lowest BCUT2D eigenvalue weighted by Crippen LogP contribution is -2.51. The van der Waals surface area contributed by atoms with Crippen LogP contribution in [-0.4, -0.2) is 65.0 Å². The first-order valence-electron chi connectivity index (χ1n) is 8.88. The number of hydrogen-bond donors (Lipinski definition) is 3. The molecule has 3 atom stereocenters. The molecule has 0 spiro atoms. The zero-order valence-corrected chi connectivity index (χ0v) is 16.2. The van der Waals surface area contributed by atoms with E-state index in [9.17, 15) is 19.5 Å². The van der Waals surface area contributed by atoms with E-state index in [1.807, 2.05) is 20.1 Å². The van der Waals surface area contributed by atoms with Crippen LogP contribution in [-0.2, 0) is 14.4 Å². The number of carbonyl (C=O) groups is 3. The van der Waals surface area contributed by atoms with Gasteiger partial charge in [-0.05, 0) is 37.2 Å². The van der Waals surface area contributed by atoms with E-state index in [0.717, 1.165) is 5.75 Å². The summed E-state index contributed by atoms with van der Waals surface area (Å²) in [7, 11) is 0. The Morgan fingerprint density at radius 2 is 1.92 bits per heavy atom. The minimum atomic E-state index is -1.00. The Kier molecular flexibility index (Phi) is 9.27. The molecule has 2 amide bonds. The average Bonchev–Trinajstić information content (AvgIpc) is 2.62. The van der Waals surface area contributed by atoms with Gasteiger partial charge in [-0.1, -0.05) is 20.3 Å². The number of amides is 2. The number of nitrogens with two attached hydrogens (primary N) is 1. The lowest BCUT2D eigenvalue weighted by molar-refractivity contribution is -0.144. The standard InChI is InChI=1S/C17H31N3O4S/c1-4-11(2)14(17(23)24)19-15(21)12-5-8-20(9-6-12)16(22)13(18)7-10-25-3/h11-14H,4-10,18H2,1-3H3,(H,19,21)(H,23,24)/t11-,13-,14-/m0/s1. The fourth-order valence-electron chi connectivity index (χ4n) is 2.92. The van der Waals surface area contributed by atoms with Crippen LogP contribution in [0.15, 0.2) is 0 Å². The van der Waals surface area contributed by atoms with Gasteiger partial charge in [-0.2, -0.15) is 11.8 Å². The number of aliphatic carboxylic acids is 1. The number of piperidine rings is 1. The normalized spacial score (nSPS) is 19.1. The number of rotatable bonds is 9. The van der Waals surface area contributed by atoms with E-state index < -0.39 is 18.1 Å². The number of nitrogens with one attached hydrogen (secondary N) is 1. The highest BCUT2D eigenvalue weighted by atomic mass is 32.2. The van der Waals surface area contributed by atoms with E-state index in [0.29, 0.717) is 38.8 Å². The van der Waals surface area contributed by atoms with Crippen molar-refractivity contribution in [3.05, 3.63) is 0 Å². The number of hydrogen-bond acceptors (Lipinski definition) is 5. The van der Waals surface area contributed by atoms with E-state index in [-0.39, 0.29) is 23.7 Å². The summed E-state index contributed by atoms with van der Waals surface area (Å²) in [5.41, 5.74) is 5.93. The van der Waals surface area contributed by atoms with Gasteiger partial charge in [0.25, 0.3) is 0 Å². The maximum Gasteiger partial charge on any atom is 0.326 e. The summed E-state index contributed by atoms with van der Waals surface area (Å²) < 4.78 is 0. The summed E-state index contributed by atoms with van der Waals surface area (Å²) in [6.45, 7) is 4.70. The maximum atomic E-state index is 12.4. The van der Waals surface area contributed by atoms with E-state index in [1.165, 1.54) is 0 Å². The Balaban J connectivity index is 2.51. The molecule has 4 N–H and O–H groups in total. The maximum absolute atomic E-state index is 12.4. The third-order valence-electron chi connectivity index (χ3n) is 4.90. The molecule has 25 heavy (non-hydrogen) atoms. The Labute approximate surface area is 154 Å². The Morgan fingerprint density at radius 3 is 2.40 bits per heavy atom. The largest absolute Gasteiger partial charge is 0.480 e. The Morgan fingerprint density at radius 1 is 1.32 bits per heavy atom. The quantitative estimate of drug-likeness (QED) is 0.554. The van der Waals surface area contributed by atoms with Crippen molar-refractivity contribution in [2.75, 3.05) is 25.1 Å². The van der Waals surface area contributed by atoms with Crippen molar-refractivity contribution in [3.63, 3.8) is 0 Å². The first kappa shape index (κ1) is 21.8. The van der Waals surface area contributed by atoms with Crippen LogP contribution in [0.5, 0.6) is 0 Å². The van der Waals surface area contributed by atoms with Gasteiger partial charge in [0.1, 0.15) is 6.04 Å². The molecule has 0 aromatic rings. The van der Waals surface area contributed by atoms with Gasteiger partial charge in [-0.25, -0.2) is 4.79 Å². The van der Waals surface area contributed by atoms with Crippen LogP contribution >= 0.6 is 11.8 Å². The second-order valence-corrected chi connectivity index (χ2v) is 7.68. The fraction of sp³-hybridized carbons (Fsp3) is 0.824. The van der Waals surface area contributed by atoms with Gasteiger partial charge in [0.2, 0.25) is 11.8 Å². The predicted molar refractivity (Wildman–Crippen MR) is 99.3 cm³/mol. The predicted octanol–water partition coefficient (Wildman–Crippen LogP) is 0.921. The molecule has 8 heteroatoms. The number of nitrogens with zero attached hydrogens (tertiary/aromatic N) is 1. The van der Waals surface area contributed by atoms with Crippen molar-refractivity contribution >= 4 is 29.5 Å². The van der Waals surface area contributed by atoms with Crippen LogP contribution in [0.1, 0.15) is 39.5 Å². The van der Waals surface area contributed by atoms with E-state index in [4.69, 9.17) is 5.73 Å². The first-order chi connectivity index (χ1) is 11.8. The molecule has 1 aliphatic heterocycles. The lowest BCUT2D eigenvalue weighted by atomic mass is 9.93. The van der Waals surface area contributed by atoms with Crippen molar-refractivity contribution in [1.82, 2.24) is 10.2 Å². The SMILES string of the molecule is CC[C@H](C)[C@H](NC(=O)C1CCN(C(=O)[C@@H](N)CCSC)CC1)C(=O)O. The number of carboxylic acids is 1. The zero-order valence-electron chi connectivity index (χ0n) is 15.4. The molecule has 7 nitrogen and oxygen atoms in total. The van der Waals surface area contributed by atoms with Gasteiger partial charge in [-0.15, -0.1) is 0 Å². The molecule has 0 saturated carbocycles. The van der Waals surface area contributed by atoms with Crippen LogP contribution in [0.3, 0.4) is 0 Å². The Bertz CT molecular complexity index is 467. The number of likely N-dealkylation sites (tertiary alicyclic amines) is 1. The van der Waals surface area contributed by atoms with Crippen molar-refractivity contribution < 1.29 is 19.5 Å². The van der Waals surface area contributed by atoms with Crippen LogP contribution in [0.25, 0.3) is 0 Å². The molecular weight excluding hydrogens is 342 g/mol. The summed E-state index contributed by atoms with van der Waals surface area (Å²) in [6.07, 6.45) is 4.39. The van der Waals surface area contributed by atoms with Gasteiger partial charge in [0, 0.05) is 19.0 Å². The number of carbonyl (C=O) groups excluding carboxylic acids is 2. The summed E-state index contributed by atoms with van der Waals surface area (Å²) in [6, 6.07) is -1.35. The van der Waals surface area contributed by atoms with Crippen LogP contribution in [0, 0.1) is 11.8 Å². The van der Waals surface area contributed by atoms with Crippen molar-refractivity contribution in [2.24, 2.45) is 17.6 Å². The van der Waals surface area contributed by atoms with Crippen LogP contribution in [0.2, 0.25) is 0 Å². The summed E-state index contributed by atoms with van der Waals surface area (Å²) in [5.74, 6) is -0.828. The summed E-state index contributed by atoms with van der Waals surface area (Å²) in [5, 5.41) is 11.9. The third kappa shape index (κ3) is 6.51. The van der Waals surface area contributed by atoms with E-state index in [2.05, 4.69) is 5.32 Å². The molecule has 1 heterocycles. The number of carboxylic acid groups (broad SMARTS) is 1. The zero-order chi connectivity index (χ0) is 19.0. The van der Waals surface area contributed by atoms with Crippen LogP contribution in [0.4, 0.5) is 0 Å². The molecule has 0 unspecified atom stereocenters. The molecule has 0 aromatic carbocycles. The lowest BCUT2D eigenvalue weighted by Gasteiger charge is -2.33. The van der Waals surface area contributed by atoms with Gasteiger partial charge < -0.3 is 21.1 Å². The Hall–Kier alpha value is -1.28. The summed E-state index contributed by atoms with van der Waals surface area (Å²) in [4.78, 5) is 37.7. The molecule has 0 aliphatic carbocycles. The van der Waals surface area contributed by atoms with Gasteiger partial charge in [-0.3, -0.25) is 9.59 Å². The second-order valence-electron chi connectivity index (χ2n) is 6.70. The molecule has 0 bridgehead atoms. The smallest absolute Gasteiger partial charge is 0.326 e. The molecule has 1 aliphatic rings. The van der Waals surface area contributed by atoms with Crippen molar-refractivity contribution in [2.45, 2.75) is 51.6 Å². The molecule has 0 radical (unpaired) electrons. The molecule has 1 rings (SSSR count). The van der Waals surface area contributed by atoms with Gasteiger partial charge in [0.05, 0.1) is 6.04 Å². The van der Waals surface area contributed by atoms with Crippen molar-refractivity contribution in [3.8, 4) is 0 Å². The second kappa shape index (κ2) is 10.7. The molecule has 0 aromatic heterocycles.